The van der Waals surface area contributed by atoms with E-state index in [0.29, 0.717) is 0 Å². The molecule has 1 aliphatic rings. The van der Waals surface area contributed by atoms with Crippen molar-refractivity contribution in [2.24, 2.45) is 0 Å². The molecule has 0 saturated heterocycles. The summed E-state index contributed by atoms with van der Waals surface area (Å²) >= 11 is 0. The fourth-order valence-corrected chi connectivity index (χ4v) is 1.45. The zero-order valence-corrected chi connectivity index (χ0v) is 8.82. The molecule has 0 heterocycles. The van der Waals surface area contributed by atoms with E-state index in [1.807, 2.05) is 0 Å². The van der Waals surface area contributed by atoms with E-state index in [4.69, 9.17) is 9.47 Å². The second kappa shape index (κ2) is 4.31. The number of allylic oxidation sites excluding steroid dienone is 1. The van der Waals surface area contributed by atoms with E-state index < -0.39 is 5.60 Å². The standard InChI is InChI=1S/C11H14O4/c1-4-5-11(13)7-9(14-2)8(12)6-10(11)15-3/h4,6-7,13H,1,5H2,2-3H3/t11-/m0/s1. The van der Waals surface area contributed by atoms with Crippen LogP contribution in [-0.2, 0) is 14.3 Å². The summed E-state index contributed by atoms with van der Waals surface area (Å²) in [5, 5.41) is 10.2. The normalized spacial score (nSPS) is 25.4. The van der Waals surface area contributed by atoms with Crippen LogP contribution in [0.15, 0.2) is 36.3 Å². The van der Waals surface area contributed by atoms with Gasteiger partial charge in [0.1, 0.15) is 11.4 Å². The van der Waals surface area contributed by atoms with Crippen molar-refractivity contribution in [1.82, 2.24) is 0 Å². The molecule has 0 fully saturated rings. The lowest BCUT2D eigenvalue weighted by Gasteiger charge is -2.28. The Labute approximate surface area is 88.5 Å². The molecule has 4 nitrogen and oxygen atoms in total. The third-order valence-corrected chi connectivity index (χ3v) is 2.20. The van der Waals surface area contributed by atoms with E-state index in [9.17, 15) is 9.90 Å². The van der Waals surface area contributed by atoms with E-state index in [0.717, 1.165) is 0 Å². The molecule has 0 saturated carbocycles. The van der Waals surface area contributed by atoms with Gasteiger partial charge in [-0.3, -0.25) is 4.79 Å². The molecule has 1 atom stereocenters. The van der Waals surface area contributed by atoms with Crippen molar-refractivity contribution >= 4 is 5.78 Å². The van der Waals surface area contributed by atoms with Crippen molar-refractivity contribution in [2.45, 2.75) is 12.0 Å². The van der Waals surface area contributed by atoms with Gasteiger partial charge in [0.25, 0.3) is 0 Å². The third-order valence-electron chi connectivity index (χ3n) is 2.20. The van der Waals surface area contributed by atoms with Gasteiger partial charge in [0.15, 0.2) is 5.76 Å². The zero-order valence-electron chi connectivity index (χ0n) is 8.82. The second-order valence-corrected chi connectivity index (χ2v) is 3.21. The van der Waals surface area contributed by atoms with Gasteiger partial charge < -0.3 is 14.6 Å². The lowest BCUT2D eigenvalue weighted by molar-refractivity contribution is -0.115. The quantitative estimate of drug-likeness (QED) is 0.701. The summed E-state index contributed by atoms with van der Waals surface area (Å²) in [7, 11) is 2.78. The summed E-state index contributed by atoms with van der Waals surface area (Å²) < 4.78 is 9.82. The van der Waals surface area contributed by atoms with Crippen molar-refractivity contribution in [3.63, 3.8) is 0 Å². The van der Waals surface area contributed by atoms with E-state index >= 15 is 0 Å². The maximum atomic E-state index is 11.4. The molecule has 15 heavy (non-hydrogen) atoms. The molecule has 0 aromatic heterocycles. The predicted molar refractivity (Wildman–Crippen MR) is 55.0 cm³/mol. The lowest BCUT2D eigenvalue weighted by atomic mass is 9.90. The van der Waals surface area contributed by atoms with E-state index in [-0.39, 0.29) is 23.7 Å². The first-order valence-electron chi connectivity index (χ1n) is 4.48. The van der Waals surface area contributed by atoms with Crippen LogP contribution in [0.4, 0.5) is 0 Å². The van der Waals surface area contributed by atoms with Gasteiger partial charge in [0.05, 0.1) is 14.2 Å². The highest BCUT2D eigenvalue weighted by molar-refractivity contribution is 6.04. The monoisotopic (exact) mass is 210 g/mol. The summed E-state index contributed by atoms with van der Waals surface area (Å²) in [6, 6.07) is 0. The molecule has 0 aromatic rings. The van der Waals surface area contributed by atoms with Gasteiger partial charge in [-0.05, 0) is 0 Å². The molecule has 0 aromatic carbocycles. The Morgan fingerprint density at radius 2 is 2.20 bits per heavy atom. The van der Waals surface area contributed by atoms with E-state index in [1.165, 1.54) is 26.4 Å². The maximum absolute atomic E-state index is 11.4. The zero-order chi connectivity index (χ0) is 11.5. The summed E-state index contributed by atoms with van der Waals surface area (Å²) in [4.78, 5) is 11.4. The van der Waals surface area contributed by atoms with Crippen molar-refractivity contribution in [3.8, 4) is 0 Å². The van der Waals surface area contributed by atoms with Gasteiger partial charge in [-0.1, -0.05) is 6.08 Å². The molecule has 0 bridgehead atoms. The fraction of sp³-hybridized carbons (Fsp3) is 0.364. The third kappa shape index (κ3) is 2.10. The van der Waals surface area contributed by atoms with Crippen molar-refractivity contribution in [1.29, 1.82) is 0 Å². The molecule has 1 rings (SSSR count). The molecule has 82 valence electrons. The van der Waals surface area contributed by atoms with Crippen LogP contribution in [0.3, 0.4) is 0 Å². The number of rotatable bonds is 4. The van der Waals surface area contributed by atoms with Crippen LogP contribution in [0, 0.1) is 0 Å². The first-order valence-corrected chi connectivity index (χ1v) is 4.48. The summed E-state index contributed by atoms with van der Waals surface area (Å²) in [6.07, 6.45) is 4.37. The Morgan fingerprint density at radius 3 is 2.67 bits per heavy atom. The summed E-state index contributed by atoms with van der Waals surface area (Å²) in [6.45, 7) is 3.54. The number of hydrogen-bond donors (Lipinski definition) is 1. The second-order valence-electron chi connectivity index (χ2n) is 3.21. The molecule has 1 N–H and O–H groups in total. The molecule has 0 radical (unpaired) electrons. The molecule has 4 heteroatoms. The number of hydrogen-bond acceptors (Lipinski definition) is 4. The van der Waals surface area contributed by atoms with Crippen LogP contribution < -0.4 is 0 Å². The first-order chi connectivity index (χ1) is 7.07. The first kappa shape index (κ1) is 11.5. The smallest absolute Gasteiger partial charge is 0.223 e. The van der Waals surface area contributed by atoms with Crippen molar-refractivity contribution < 1.29 is 19.4 Å². The summed E-state index contributed by atoms with van der Waals surface area (Å²) in [5.74, 6) is -0.00330. The lowest BCUT2D eigenvalue weighted by Crippen LogP contribution is -2.34. The number of ether oxygens (including phenoxy) is 2. The van der Waals surface area contributed by atoms with Crippen LogP contribution >= 0.6 is 0 Å². The van der Waals surface area contributed by atoms with Gasteiger partial charge in [-0.2, -0.15) is 0 Å². The highest BCUT2D eigenvalue weighted by Gasteiger charge is 2.35. The van der Waals surface area contributed by atoms with Crippen molar-refractivity contribution in [3.05, 3.63) is 36.3 Å². The minimum Gasteiger partial charge on any atom is -0.498 e. The van der Waals surface area contributed by atoms with Gasteiger partial charge in [0.2, 0.25) is 5.78 Å². The molecular formula is C11H14O4. The molecule has 0 amide bonds. The number of carbonyl (C=O) groups excluding carboxylic acids is 1. The van der Waals surface area contributed by atoms with Gasteiger partial charge in [-0.25, -0.2) is 0 Å². The number of aliphatic hydroxyl groups is 1. The summed E-state index contributed by atoms with van der Waals surface area (Å²) in [5.41, 5.74) is -1.34. The average Bonchev–Trinajstić information content (AvgIpc) is 2.21. The Hall–Kier alpha value is -1.55. The Kier molecular flexibility index (Phi) is 3.31. The maximum Gasteiger partial charge on any atom is 0.223 e. The van der Waals surface area contributed by atoms with Gasteiger partial charge >= 0.3 is 0 Å². The van der Waals surface area contributed by atoms with E-state index in [2.05, 4.69) is 6.58 Å². The number of ketones is 1. The SMILES string of the molecule is C=CC[C@]1(O)C=C(OC)C(=O)C=C1OC. The van der Waals surface area contributed by atoms with Crippen molar-refractivity contribution in [2.75, 3.05) is 14.2 Å². The average molecular weight is 210 g/mol. The van der Waals surface area contributed by atoms with Crippen LogP contribution in [0.2, 0.25) is 0 Å². The Balaban J connectivity index is 3.11. The Bertz CT molecular complexity index is 340. The highest BCUT2D eigenvalue weighted by atomic mass is 16.5. The molecular weight excluding hydrogens is 196 g/mol. The molecule has 0 unspecified atom stereocenters. The van der Waals surface area contributed by atoms with Crippen LogP contribution in [0.25, 0.3) is 0 Å². The van der Waals surface area contributed by atoms with Crippen LogP contribution in [-0.4, -0.2) is 30.7 Å². The minimum absolute atomic E-state index is 0.111. The van der Waals surface area contributed by atoms with E-state index in [1.54, 1.807) is 6.08 Å². The van der Waals surface area contributed by atoms with Gasteiger partial charge in [0, 0.05) is 18.6 Å². The van der Waals surface area contributed by atoms with Gasteiger partial charge in [-0.15, -0.1) is 6.58 Å². The largest absolute Gasteiger partial charge is 0.498 e. The fourth-order valence-electron chi connectivity index (χ4n) is 1.45. The highest BCUT2D eigenvalue weighted by Crippen LogP contribution is 2.29. The topological polar surface area (TPSA) is 55.8 Å². The minimum atomic E-state index is -1.34. The molecule has 0 spiro atoms. The predicted octanol–water partition coefficient (Wildman–Crippen LogP) is 0.937. The van der Waals surface area contributed by atoms with Crippen LogP contribution in [0.1, 0.15) is 6.42 Å². The molecule has 0 aliphatic heterocycles. The number of methoxy groups -OCH3 is 2. The number of carbonyl (C=O) groups is 1. The van der Waals surface area contributed by atoms with Crippen LogP contribution in [0.5, 0.6) is 0 Å². The Morgan fingerprint density at radius 1 is 1.53 bits per heavy atom. The molecule has 1 aliphatic carbocycles.